The molecule has 0 aromatic carbocycles. The predicted octanol–water partition coefficient (Wildman–Crippen LogP) is -3.56. The Balaban J connectivity index is 0. The number of nitrogens with zero attached hydrogens (tertiary/aromatic N) is 1. The summed E-state index contributed by atoms with van der Waals surface area (Å²) in [6.07, 6.45) is -0.146. The number of guanidine groups is 1. The van der Waals surface area contributed by atoms with Crippen molar-refractivity contribution in [3.05, 3.63) is 0 Å². The first-order valence-corrected chi connectivity index (χ1v) is 6.99. The van der Waals surface area contributed by atoms with Crippen molar-refractivity contribution in [1.29, 1.82) is 0 Å². The number of hydrogen-bond acceptors (Lipinski definition) is 7. The first-order chi connectivity index (χ1) is 11.5. The molecule has 13 heteroatoms. The van der Waals surface area contributed by atoms with E-state index >= 15 is 0 Å². The zero-order valence-corrected chi connectivity index (χ0v) is 13.4. The fourth-order valence-electron chi connectivity index (χ4n) is 1.32. The van der Waals surface area contributed by atoms with Crippen LogP contribution < -0.4 is 28.3 Å². The molecule has 1 amide bonds. The Morgan fingerprint density at radius 1 is 1.04 bits per heavy atom. The topological polar surface area (TPSA) is 257 Å². The Kier molecular flexibility index (Phi) is 13.1. The van der Waals surface area contributed by atoms with Gasteiger partial charge in [0.1, 0.15) is 6.04 Å². The minimum atomic E-state index is -1.30. The summed E-state index contributed by atoms with van der Waals surface area (Å²) in [5.41, 5.74) is 20.1. The lowest BCUT2D eigenvalue weighted by molar-refractivity contribution is -0.143. The van der Waals surface area contributed by atoms with Gasteiger partial charge in [0.05, 0.1) is 19.0 Å². The van der Waals surface area contributed by atoms with Gasteiger partial charge in [0.2, 0.25) is 5.91 Å². The van der Waals surface area contributed by atoms with E-state index < -0.39 is 42.3 Å². The Hall–Kier alpha value is -2.93. The quantitative estimate of drug-likeness (QED) is 0.107. The van der Waals surface area contributed by atoms with Gasteiger partial charge in [-0.2, -0.15) is 0 Å². The maximum atomic E-state index is 11.5. The number of aliphatic imine (C=N–C) groups is 1. The van der Waals surface area contributed by atoms with Crippen molar-refractivity contribution in [2.75, 3.05) is 13.1 Å². The molecule has 0 radical (unpaired) electrons. The maximum Gasteiger partial charge on any atom is 0.326 e. The molecular formula is C12H24N6O7. The van der Waals surface area contributed by atoms with Crippen LogP contribution in [0.2, 0.25) is 0 Å². The molecule has 0 spiro atoms. The average Bonchev–Trinajstić information content (AvgIpc) is 2.49. The number of aliphatic carboxylic acids is 3. The second-order valence-electron chi connectivity index (χ2n) is 4.65. The van der Waals surface area contributed by atoms with E-state index in [9.17, 15) is 19.2 Å². The fraction of sp³-hybridized carbons (Fsp3) is 0.583. The summed E-state index contributed by atoms with van der Waals surface area (Å²) >= 11 is 0. The van der Waals surface area contributed by atoms with Crippen LogP contribution in [0.5, 0.6) is 0 Å². The molecule has 0 aliphatic rings. The molecule has 2 atom stereocenters. The van der Waals surface area contributed by atoms with E-state index in [0.29, 0.717) is 6.42 Å². The molecule has 0 heterocycles. The molecule has 0 bridgehead atoms. The van der Waals surface area contributed by atoms with Crippen molar-refractivity contribution in [2.45, 2.75) is 31.3 Å². The molecule has 0 aliphatic carbocycles. The lowest BCUT2D eigenvalue weighted by Crippen LogP contribution is -2.49. The van der Waals surface area contributed by atoms with Crippen LogP contribution in [-0.2, 0) is 19.2 Å². The number of hydrogen-bond donors (Lipinski definition) is 8. The van der Waals surface area contributed by atoms with Crippen LogP contribution in [-0.4, -0.2) is 70.3 Å². The van der Waals surface area contributed by atoms with E-state index in [1.165, 1.54) is 0 Å². The summed E-state index contributed by atoms with van der Waals surface area (Å²) in [6, 6.07) is -2.47. The Morgan fingerprint density at radius 3 is 1.92 bits per heavy atom. The molecular weight excluding hydrogens is 340 g/mol. The highest BCUT2D eigenvalue weighted by atomic mass is 16.4. The van der Waals surface area contributed by atoms with Gasteiger partial charge in [0, 0.05) is 6.54 Å². The molecule has 144 valence electrons. The monoisotopic (exact) mass is 364 g/mol. The molecule has 0 aromatic heterocycles. The first-order valence-electron chi connectivity index (χ1n) is 6.99. The lowest BCUT2D eigenvalue weighted by atomic mass is 10.1. The second kappa shape index (κ2) is 13.5. The molecule has 0 fully saturated rings. The van der Waals surface area contributed by atoms with E-state index in [4.69, 9.17) is 32.5 Å². The maximum absolute atomic E-state index is 11.5. The third-order valence-electron chi connectivity index (χ3n) is 2.47. The van der Waals surface area contributed by atoms with E-state index in [1.807, 2.05) is 0 Å². The van der Waals surface area contributed by atoms with Crippen molar-refractivity contribution in [1.82, 2.24) is 5.32 Å². The summed E-state index contributed by atoms with van der Waals surface area (Å²) in [5, 5.41) is 27.2. The fourth-order valence-corrected chi connectivity index (χ4v) is 1.32. The number of nitrogens with one attached hydrogen (secondary N) is 1. The molecule has 0 saturated carbocycles. The van der Waals surface area contributed by atoms with Crippen LogP contribution in [0.15, 0.2) is 4.99 Å². The van der Waals surface area contributed by atoms with E-state index in [2.05, 4.69) is 16.0 Å². The molecule has 12 N–H and O–H groups in total. The summed E-state index contributed by atoms with van der Waals surface area (Å²) in [4.78, 5) is 45.8. The van der Waals surface area contributed by atoms with Crippen molar-refractivity contribution >= 4 is 29.8 Å². The van der Waals surface area contributed by atoms with Gasteiger partial charge in [-0.05, 0) is 12.8 Å². The van der Waals surface area contributed by atoms with Crippen LogP contribution >= 0.6 is 0 Å². The number of carboxylic acids is 3. The summed E-state index contributed by atoms with van der Waals surface area (Å²) < 4.78 is 0. The zero-order valence-electron chi connectivity index (χ0n) is 13.4. The third kappa shape index (κ3) is 15.7. The van der Waals surface area contributed by atoms with Crippen LogP contribution in [0.3, 0.4) is 0 Å². The molecule has 0 aliphatic heterocycles. The van der Waals surface area contributed by atoms with Gasteiger partial charge in [0.15, 0.2) is 5.96 Å². The smallest absolute Gasteiger partial charge is 0.326 e. The Bertz CT molecular complexity index is 492. The van der Waals surface area contributed by atoms with E-state index in [0.717, 1.165) is 0 Å². The van der Waals surface area contributed by atoms with Crippen LogP contribution in [0.25, 0.3) is 0 Å². The molecule has 2 unspecified atom stereocenters. The lowest BCUT2D eigenvalue weighted by Gasteiger charge is -2.16. The van der Waals surface area contributed by atoms with Crippen molar-refractivity contribution in [3.8, 4) is 0 Å². The largest absolute Gasteiger partial charge is 0.481 e. The van der Waals surface area contributed by atoms with Gasteiger partial charge in [0.25, 0.3) is 0 Å². The highest BCUT2D eigenvalue weighted by Gasteiger charge is 2.24. The minimum Gasteiger partial charge on any atom is -0.481 e. The molecule has 0 aromatic rings. The summed E-state index contributed by atoms with van der Waals surface area (Å²) in [7, 11) is 0. The molecule has 25 heavy (non-hydrogen) atoms. The Labute approximate surface area is 143 Å². The van der Waals surface area contributed by atoms with Crippen LogP contribution in [0.1, 0.15) is 19.3 Å². The van der Waals surface area contributed by atoms with Crippen LogP contribution in [0, 0.1) is 0 Å². The molecule has 0 saturated heterocycles. The van der Waals surface area contributed by atoms with Gasteiger partial charge in [-0.15, -0.1) is 0 Å². The Morgan fingerprint density at radius 2 is 1.56 bits per heavy atom. The number of amides is 1. The van der Waals surface area contributed by atoms with Gasteiger partial charge in [-0.3, -0.25) is 19.4 Å². The number of carbonyl (C=O) groups excluding carboxylic acids is 1. The zero-order chi connectivity index (χ0) is 20.0. The van der Waals surface area contributed by atoms with E-state index in [-0.39, 0.29) is 25.5 Å². The van der Waals surface area contributed by atoms with Gasteiger partial charge in [-0.25, -0.2) is 4.79 Å². The minimum absolute atomic E-state index is 0.0949. The second-order valence-corrected chi connectivity index (χ2v) is 4.65. The summed E-state index contributed by atoms with van der Waals surface area (Å²) in [5.74, 6) is -4.39. The van der Waals surface area contributed by atoms with Crippen molar-refractivity contribution < 1.29 is 34.5 Å². The number of rotatable bonds is 10. The number of nitrogens with two attached hydrogens (primary N) is 4. The standard InChI is InChI=1S/C10H19N5O5.C2H5NO2/c11-5(4-7(16)17)8(18)15-6(9(19)20)2-1-3-14-10(12)13;3-1-2(4)5/h5-6H,1-4,11H2,(H,15,18)(H,16,17)(H,19,20)(H4,12,13,14);1,3H2,(H,4,5). The highest BCUT2D eigenvalue weighted by Crippen LogP contribution is 2.00. The average molecular weight is 364 g/mol. The first kappa shape index (κ1) is 24.3. The number of carbonyl (C=O) groups is 4. The van der Waals surface area contributed by atoms with Gasteiger partial charge >= 0.3 is 17.9 Å². The van der Waals surface area contributed by atoms with Crippen molar-refractivity contribution in [2.24, 2.45) is 27.9 Å². The van der Waals surface area contributed by atoms with Gasteiger partial charge < -0.3 is 43.6 Å². The summed E-state index contributed by atoms with van der Waals surface area (Å²) in [6.45, 7) is -0.0524. The third-order valence-corrected chi connectivity index (χ3v) is 2.47. The molecule has 13 nitrogen and oxygen atoms in total. The molecule has 0 rings (SSSR count). The van der Waals surface area contributed by atoms with Crippen LogP contribution in [0.4, 0.5) is 0 Å². The predicted molar refractivity (Wildman–Crippen MR) is 86.4 cm³/mol. The number of carboxylic acid groups (broad SMARTS) is 3. The SMILES string of the molecule is NC(N)=NCCCC(NC(=O)C(N)CC(=O)O)C(=O)O.NCC(=O)O. The highest BCUT2D eigenvalue weighted by molar-refractivity contribution is 5.89. The van der Waals surface area contributed by atoms with Gasteiger partial charge in [-0.1, -0.05) is 0 Å². The normalized spacial score (nSPS) is 11.9. The van der Waals surface area contributed by atoms with E-state index in [1.54, 1.807) is 0 Å². The van der Waals surface area contributed by atoms with Crippen molar-refractivity contribution in [3.63, 3.8) is 0 Å².